The van der Waals surface area contributed by atoms with Crippen LogP contribution >= 0.6 is 0 Å². The van der Waals surface area contributed by atoms with Gasteiger partial charge in [0.25, 0.3) is 0 Å². The number of hydrogen-bond donors (Lipinski definition) is 2. The zero-order valence-corrected chi connectivity index (χ0v) is 10.5. The largest absolute Gasteiger partial charge is 0.378 e. The highest BCUT2D eigenvalue weighted by atomic mass is 16.5. The van der Waals surface area contributed by atoms with Crippen LogP contribution in [0.25, 0.3) is 0 Å². The lowest BCUT2D eigenvalue weighted by Crippen LogP contribution is -2.44. The van der Waals surface area contributed by atoms with Gasteiger partial charge in [-0.25, -0.2) is 0 Å². The summed E-state index contributed by atoms with van der Waals surface area (Å²) in [4.78, 5) is 11.6. The number of nitrogens with one attached hydrogen (secondary N) is 1. The van der Waals surface area contributed by atoms with Crippen LogP contribution in [0.1, 0.15) is 40.0 Å². The van der Waals surface area contributed by atoms with Crippen molar-refractivity contribution in [3.63, 3.8) is 0 Å². The van der Waals surface area contributed by atoms with Gasteiger partial charge >= 0.3 is 0 Å². The topological polar surface area (TPSA) is 64.4 Å². The molecule has 1 amide bonds. The molecule has 0 aromatic carbocycles. The number of rotatable bonds is 4. The highest BCUT2D eigenvalue weighted by Crippen LogP contribution is 2.20. The van der Waals surface area contributed by atoms with Crippen molar-refractivity contribution in [3.05, 3.63) is 0 Å². The summed E-state index contributed by atoms with van der Waals surface area (Å²) in [6.07, 6.45) is 2.51. The Morgan fingerprint density at radius 3 is 2.75 bits per heavy atom. The summed E-state index contributed by atoms with van der Waals surface area (Å²) >= 11 is 0. The molecule has 3 N–H and O–H groups in total. The molecule has 1 aliphatic heterocycles. The van der Waals surface area contributed by atoms with Crippen LogP contribution in [0.5, 0.6) is 0 Å². The van der Waals surface area contributed by atoms with E-state index < -0.39 is 0 Å². The van der Waals surface area contributed by atoms with E-state index in [-0.39, 0.29) is 24.1 Å². The van der Waals surface area contributed by atoms with E-state index in [1.165, 1.54) is 0 Å². The van der Waals surface area contributed by atoms with Crippen LogP contribution in [0.15, 0.2) is 0 Å². The minimum atomic E-state index is -0.0688. The molecule has 0 radical (unpaired) electrons. The Bertz CT molecular complexity index is 229. The Morgan fingerprint density at radius 2 is 2.19 bits per heavy atom. The molecular weight excluding hydrogens is 204 g/mol. The molecule has 3 atom stereocenters. The van der Waals surface area contributed by atoms with Gasteiger partial charge in [0.2, 0.25) is 5.91 Å². The third kappa shape index (κ3) is 4.49. The molecule has 1 fully saturated rings. The van der Waals surface area contributed by atoms with Crippen molar-refractivity contribution in [2.45, 2.75) is 58.2 Å². The first-order valence-electron chi connectivity index (χ1n) is 6.15. The number of amides is 1. The minimum Gasteiger partial charge on any atom is -0.378 e. The van der Waals surface area contributed by atoms with Crippen molar-refractivity contribution in [3.8, 4) is 0 Å². The Hall–Kier alpha value is -0.610. The molecule has 4 heteroatoms. The molecule has 1 rings (SSSR count). The molecule has 94 valence electrons. The standard InChI is InChI=1S/C12H24N2O2/c1-8(2)11-7-10(4-5-16-11)14-12(15)6-9(3)13/h8-11H,4-7,13H2,1-3H3,(H,14,15). The summed E-state index contributed by atoms with van der Waals surface area (Å²) in [5.41, 5.74) is 5.59. The monoisotopic (exact) mass is 228 g/mol. The van der Waals surface area contributed by atoms with Crippen LogP contribution in [0.4, 0.5) is 0 Å². The van der Waals surface area contributed by atoms with E-state index in [0.29, 0.717) is 12.3 Å². The normalized spacial score (nSPS) is 27.8. The molecule has 0 aliphatic carbocycles. The van der Waals surface area contributed by atoms with Gasteiger partial charge in [0.1, 0.15) is 0 Å². The van der Waals surface area contributed by atoms with Gasteiger partial charge in [0.15, 0.2) is 0 Å². The molecule has 0 aromatic rings. The van der Waals surface area contributed by atoms with Crippen LogP contribution in [-0.2, 0) is 9.53 Å². The van der Waals surface area contributed by atoms with Gasteiger partial charge in [-0.15, -0.1) is 0 Å². The van der Waals surface area contributed by atoms with E-state index in [4.69, 9.17) is 10.5 Å². The highest BCUT2D eigenvalue weighted by molar-refractivity contribution is 5.76. The van der Waals surface area contributed by atoms with E-state index in [2.05, 4.69) is 19.2 Å². The van der Waals surface area contributed by atoms with Crippen molar-refractivity contribution in [2.75, 3.05) is 6.61 Å². The van der Waals surface area contributed by atoms with Gasteiger partial charge in [-0.05, 0) is 25.7 Å². The fraction of sp³-hybridized carbons (Fsp3) is 0.917. The average molecular weight is 228 g/mol. The number of nitrogens with two attached hydrogens (primary N) is 1. The second-order valence-corrected chi connectivity index (χ2v) is 5.12. The second-order valence-electron chi connectivity index (χ2n) is 5.12. The van der Waals surface area contributed by atoms with E-state index >= 15 is 0 Å². The van der Waals surface area contributed by atoms with Crippen LogP contribution in [-0.4, -0.2) is 30.7 Å². The molecule has 4 nitrogen and oxygen atoms in total. The summed E-state index contributed by atoms with van der Waals surface area (Å²) < 4.78 is 5.66. The lowest BCUT2D eigenvalue weighted by atomic mass is 9.95. The molecule has 3 unspecified atom stereocenters. The van der Waals surface area contributed by atoms with Crippen LogP contribution in [0.3, 0.4) is 0 Å². The van der Waals surface area contributed by atoms with Crippen LogP contribution in [0.2, 0.25) is 0 Å². The molecular formula is C12H24N2O2. The van der Waals surface area contributed by atoms with Crippen molar-refractivity contribution < 1.29 is 9.53 Å². The fourth-order valence-corrected chi connectivity index (χ4v) is 2.00. The van der Waals surface area contributed by atoms with Crippen LogP contribution < -0.4 is 11.1 Å². The van der Waals surface area contributed by atoms with Gasteiger partial charge in [0, 0.05) is 25.1 Å². The lowest BCUT2D eigenvalue weighted by molar-refractivity contribution is -0.123. The average Bonchev–Trinajstić information content (AvgIpc) is 2.16. The summed E-state index contributed by atoms with van der Waals surface area (Å²) in [6.45, 7) is 6.89. The molecule has 16 heavy (non-hydrogen) atoms. The molecule has 1 saturated heterocycles. The Labute approximate surface area is 97.9 Å². The zero-order valence-electron chi connectivity index (χ0n) is 10.5. The quantitative estimate of drug-likeness (QED) is 0.755. The predicted octanol–water partition coefficient (Wildman–Crippen LogP) is 1.04. The molecule has 1 aliphatic rings. The second kappa shape index (κ2) is 6.21. The summed E-state index contributed by atoms with van der Waals surface area (Å²) in [5, 5.41) is 3.04. The maximum atomic E-state index is 11.6. The molecule has 1 heterocycles. The Kier molecular flexibility index (Phi) is 5.22. The van der Waals surface area contributed by atoms with E-state index in [1.54, 1.807) is 0 Å². The molecule has 0 aromatic heterocycles. The van der Waals surface area contributed by atoms with Crippen molar-refractivity contribution >= 4 is 5.91 Å². The summed E-state index contributed by atoms with van der Waals surface area (Å²) in [5.74, 6) is 0.567. The zero-order chi connectivity index (χ0) is 12.1. The first kappa shape index (κ1) is 13.5. The maximum Gasteiger partial charge on any atom is 0.221 e. The van der Waals surface area contributed by atoms with Gasteiger partial charge < -0.3 is 15.8 Å². The third-order valence-electron chi connectivity index (χ3n) is 2.93. The number of hydrogen-bond acceptors (Lipinski definition) is 3. The van der Waals surface area contributed by atoms with E-state index in [9.17, 15) is 4.79 Å². The van der Waals surface area contributed by atoms with Crippen molar-refractivity contribution in [1.82, 2.24) is 5.32 Å². The van der Waals surface area contributed by atoms with Crippen molar-refractivity contribution in [1.29, 1.82) is 0 Å². The number of ether oxygens (including phenoxy) is 1. The molecule has 0 saturated carbocycles. The van der Waals surface area contributed by atoms with Gasteiger partial charge in [0.05, 0.1) is 6.10 Å². The predicted molar refractivity (Wildman–Crippen MR) is 64.0 cm³/mol. The van der Waals surface area contributed by atoms with Gasteiger partial charge in [-0.3, -0.25) is 4.79 Å². The summed E-state index contributed by atoms with van der Waals surface area (Å²) in [7, 11) is 0. The fourth-order valence-electron chi connectivity index (χ4n) is 2.00. The smallest absolute Gasteiger partial charge is 0.221 e. The molecule has 0 bridgehead atoms. The lowest BCUT2D eigenvalue weighted by Gasteiger charge is -2.32. The number of carbonyl (C=O) groups excluding carboxylic acids is 1. The Balaban J connectivity index is 2.34. The highest BCUT2D eigenvalue weighted by Gasteiger charge is 2.25. The maximum absolute atomic E-state index is 11.6. The Morgan fingerprint density at radius 1 is 1.50 bits per heavy atom. The molecule has 0 spiro atoms. The third-order valence-corrected chi connectivity index (χ3v) is 2.93. The summed E-state index contributed by atoms with van der Waals surface area (Å²) in [6, 6.07) is 0.188. The van der Waals surface area contributed by atoms with Crippen LogP contribution in [0, 0.1) is 5.92 Å². The van der Waals surface area contributed by atoms with Gasteiger partial charge in [-0.1, -0.05) is 13.8 Å². The first-order valence-corrected chi connectivity index (χ1v) is 6.15. The van der Waals surface area contributed by atoms with Crippen molar-refractivity contribution in [2.24, 2.45) is 11.7 Å². The van der Waals surface area contributed by atoms with Gasteiger partial charge in [-0.2, -0.15) is 0 Å². The first-order chi connectivity index (χ1) is 7.49. The van der Waals surface area contributed by atoms with E-state index in [1.807, 2.05) is 6.92 Å². The SMILES string of the molecule is CC(N)CC(=O)NC1CCOC(C(C)C)C1. The van der Waals surface area contributed by atoms with E-state index in [0.717, 1.165) is 19.4 Å². The minimum absolute atomic E-state index is 0.0596. The number of carbonyl (C=O) groups is 1.